The first-order chi connectivity index (χ1) is 11.5. The Morgan fingerprint density at radius 1 is 1.21 bits per heavy atom. The molecule has 0 bridgehead atoms. The van der Waals surface area contributed by atoms with Crippen molar-refractivity contribution >= 4 is 10.0 Å². The number of aromatic nitrogens is 3. The van der Waals surface area contributed by atoms with Gasteiger partial charge >= 0.3 is 0 Å². The zero-order valence-electron chi connectivity index (χ0n) is 14.2. The second-order valence-electron chi connectivity index (χ2n) is 6.32. The van der Waals surface area contributed by atoms with Crippen molar-refractivity contribution in [3.8, 4) is 0 Å². The molecule has 3 heterocycles. The third kappa shape index (κ3) is 3.37. The van der Waals surface area contributed by atoms with Crippen molar-refractivity contribution < 1.29 is 8.42 Å². The van der Waals surface area contributed by atoms with E-state index in [1.165, 1.54) is 11.8 Å². The molecule has 0 unspecified atom stereocenters. The third-order valence-electron chi connectivity index (χ3n) is 4.82. The maximum atomic E-state index is 12.9. The standard InChI is InChI=1S/C17H24N4O2S/c1-3-21-14(2)17(13-19-21)24(22,23)20-10-6-16(7-11-20)12-15-4-8-18-9-5-15/h4-5,8-9,13,16H,3,6-7,10-12H2,1-2H3. The molecule has 2 aromatic rings. The molecule has 0 aromatic carbocycles. The molecule has 2 aromatic heterocycles. The summed E-state index contributed by atoms with van der Waals surface area (Å²) in [5.74, 6) is 0.526. The highest BCUT2D eigenvalue weighted by molar-refractivity contribution is 7.89. The summed E-state index contributed by atoms with van der Waals surface area (Å²) in [4.78, 5) is 4.38. The third-order valence-corrected chi connectivity index (χ3v) is 6.82. The SMILES string of the molecule is CCn1ncc(S(=O)(=O)N2CCC(Cc3ccncc3)CC2)c1C. The zero-order chi connectivity index (χ0) is 17.2. The molecule has 1 fully saturated rings. The maximum absolute atomic E-state index is 12.9. The van der Waals surface area contributed by atoms with Gasteiger partial charge in [-0.3, -0.25) is 9.67 Å². The highest BCUT2D eigenvalue weighted by Crippen LogP contribution is 2.27. The second kappa shape index (κ2) is 7.03. The van der Waals surface area contributed by atoms with Crippen LogP contribution in [0.25, 0.3) is 0 Å². The van der Waals surface area contributed by atoms with Gasteiger partial charge in [-0.2, -0.15) is 9.40 Å². The van der Waals surface area contributed by atoms with Crippen LogP contribution in [0.2, 0.25) is 0 Å². The molecule has 6 nitrogen and oxygen atoms in total. The van der Waals surface area contributed by atoms with Crippen molar-refractivity contribution in [1.82, 2.24) is 19.1 Å². The number of hydrogen-bond acceptors (Lipinski definition) is 4. The molecule has 0 aliphatic carbocycles. The first-order valence-corrected chi connectivity index (χ1v) is 9.88. The van der Waals surface area contributed by atoms with Crippen molar-refractivity contribution in [1.29, 1.82) is 0 Å². The van der Waals surface area contributed by atoms with Gasteiger partial charge in [0.15, 0.2) is 0 Å². The van der Waals surface area contributed by atoms with Gasteiger partial charge in [0, 0.05) is 32.0 Å². The Hall–Kier alpha value is -1.73. The Kier molecular flexibility index (Phi) is 5.01. The van der Waals surface area contributed by atoms with E-state index in [0.717, 1.165) is 25.0 Å². The van der Waals surface area contributed by atoms with E-state index in [-0.39, 0.29) is 0 Å². The summed E-state index contributed by atoms with van der Waals surface area (Å²) < 4.78 is 29.1. The van der Waals surface area contributed by atoms with Gasteiger partial charge in [-0.05, 0) is 56.7 Å². The normalized spacial score (nSPS) is 17.2. The lowest BCUT2D eigenvalue weighted by molar-refractivity contribution is 0.272. The van der Waals surface area contributed by atoms with Crippen LogP contribution in [0.4, 0.5) is 0 Å². The van der Waals surface area contributed by atoms with Gasteiger partial charge in [0.2, 0.25) is 10.0 Å². The Morgan fingerprint density at radius 3 is 2.46 bits per heavy atom. The Morgan fingerprint density at radius 2 is 1.88 bits per heavy atom. The Balaban J connectivity index is 1.66. The fraction of sp³-hybridized carbons (Fsp3) is 0.529. The highest BCUT2D eigenvalue weighted by atomic mass is 32.2. The highest BCUT2D eigenvalue weighted by Gasteiger charge is 2.31. The average molecular weight is 348 g/mol. The van der Waals surface area contributed by atoms with E-state index >= 15 is 0 Å². The molecule has 0 radical (unpaired) electrons. The van der Waals surface area contributed by atoms with Gasteiger partial charge in [-0.25, -0.2) is 8.42 Å². The molecule has 1 saturated heterocycles. The molecule has 0 amide bonds. The first-order valence-electron chi connectivity index (χ1n) is 8.44. The van der Waals surface area contributed by atoms with Crippen LogP contribution in [-0.2, 0) is 23.0 Å². The number of piperidine rings is 1. The number of hydrogen-bond donors (Lipinski definition) is 0. The lowest BCUT2D eigenvalue weighted by Gasteiger charge is -2.31. The zero-order valence-corrected chi connectivity index (χ0v) is 15.0. The molecule has 24 heavy (non-hydrogen) atoms. The molecule has 0 N–H and O–H groups in total. The van der Waals surface area contributed by atoms with E-state index in [1.54, 1.807) is 8.99 Å². The summed E-state index contributed by atoms with van der Waals surface area (Å²) in [6.07, 6.45) is 7.87. The molecule has 1 aliphatic rings. The van der Waals surface area contributed by atoms with E-state index in [4.69, 9.17) is 0 Å². The average Bonchev–Trinajstić information content (AvgIpc) is 2.98. The summed E-state index contributed by atoms with van der Waals surface area (Å²) in [5, 5.41) is 4.17. The molecule has 130 valence electrons. The molecular weight excluding hydrogens is 324 g/mol. The van der Waals surface area contributed by atoms with Crippen LogP contribution in [-0.4, -0.2) is 40.6 Å². The topological polar surface area (TPSA) is 68.1 Å². The van der Waals surface area contributed by atoms with Crippen LogP contribution in [0.3, 0.4) is 0 Å². The summed E-state index contributed by atoms with van der Waals surface area (Å²) in [6, 6.07) is 4.07. The molecule has 3 rings (SSSR count). The van der Waals surface area contributed by atoms with Crippen molar-refractivity contribution in [2.45, 2.75) is 44.6 Å². The van der Waals surface area contributed by atoms with Crippen LogP contribution in [0.5, 0.6) is 0 Å². The number of pyridine rings is 1. The summed E-state index contributed by atoms with van der Waals surface area (Å²) in [7, 11) is -3.44. The maximum Gasteiger partial charge on any atom is 0.246 e. The monoisotopic (exact) mass is 348 g/mol. The van der Waals surface area contributed by atoms with E-state index in [9.17, 15) is 8.42 Å². The van der Waals surface area contributed by atoms with Crippen molar-refractivity contribution in [2.75, 3.05) is 13.1 Å². The molecule has 1 aliphatic heterocycles. The van der Waals surface area contributed by atoms with Crippen molar-refractivity contribution in [3.63, 3.8) is 0 Å². The van der Waals surface area contributed by atoms with Gasteiger partial charge < -0.3 is 0 Å². The summed E-state index contributed by atoms with van der Waals surface area (Å²) >= 11 is 0. The Bertz CT molecular complexity index is 778. The van der Waals surface area contributed by atoms with Crippen LogP contribution in [0, 0.1) is 12.8 Å². The van der Waals surface area contributed by atoms with Gasteiger partial charge in [0.25, 0.3) is 0 Å². The molecule has 0 spiro atoms. The van der Waals surface area contributed by atoms with Gasteiger partial charge in [-0.15, -0.1) is 0 Å². The summed E-state index contributed by atoms with van der Waals surface area (Å²) in [6.45, 7) is 5.61. The molecule has 0 atom stereocenters. The molecule has 7 heteroatoms. The van der Waals surface area contributed by atoms with Crippen molar-refractivity contribution in [2.24, 2.45) is 5.92 Å². The fourth-order valence-corrected chi connectivity index (χ4v) is 4.98. The summed E-state index contributed by atoms with van der Waals surface area (Å²) in [5.41, 5.74) is 1.99. The van der Waals surface area contributed by atoms with Gasteiger partial charge in [-0.1, -0.05) is 0 Å². The number of aryl methyl sites for hydroxylation is 1. The van der Waals surface area contributed by atoms with Crippen LogP contribution >= 0.6 is 0 Å². The number of nitrogens with zero attached hydrogens (tertiary/aromatic N) is 4. The van der Waals surface area contributed by atoms with Crippen LogP contribution in [0.1, 0.15) is 31.0 Å². The number of rotatable bonds is 5. The minimum absolute atomic E-state index is 0.344. The fourth-order valence-electron chi connectivity index (χ4n) is 3.35. The molecule has 0 saturated carbocycles. The van der Waals surface area contributed by atoms with Crippen molar-refractivity contribution in [3.05, 3.63) is 42.0 Å². The van der Waals surface area contributed by atoms with E-state index in [1.807, 2.05) is 38.4 Å². The quantitative estimate of drug-likeness (QED) is 0.831. The predicted molar refractivity (Wildman–Crippen MR) is 92.1 cm³/mol. The van der Waals surface area contributed by atoms with E-state index < -0.39 is 10.0 Å². The second-order valence-corrected chi connectivity index (χ2v) is 8.22. The predicted octanol–water partition coefficient (Wildman–Crippen LogP) is 2.25. The van der Waals surface area contributed by atoms with Crippen LogP contribution in [0.15, 0.2) is 35.6 Å². The lowest BCUT2D eigenvalue weighted by Crippen LogP contribution is -2.39. The Labute approximate surface area is 143 Å². The smallest absolute Gasteiger partial charge is 0.246 e. The van der Waals surface area contributed by atoms with Gasteiger partial charge in [0.1, 0.15) is 4.90 Å². The van der Waals surface area contributed by atoms with E-state index in [2.05, 4.69) is 10.1 Å². The number of sulfonamides is 1. The van der Waals surface area contributed by atoms with Gasteiger partial charge in [0.05, 0.1) is 11.9 Å². The first kappa shape index (κ1) is 17.1. The van der Waals surface area contributed by atoms with Crippen LogP contribution < -0.4 is 0 Å². The lowest BCUT2D eigenvalue weighted by atomic mass is 9.91. The minimum atomic E-state index is -3.44. The molecular formula is C17H24N4O2S. The largest absolute Gasteiger partial charge is 0.269 e. The van der Waals surface area contributed by atoms with E-state index in [0.29, 0.717) is 30.4 Å². The minimum Gasteiger partial charge on any atom is -0.269 e.